The predicted molar refractivity (Wildman–Crippen MR) is 79.3 cm³/mol. The number of fused-ring (bicyclic) bond motifs is 1. The molecule has 1 aromatic heterocycles. The van der Waals surface area contributed by atoms with Gasteiger partial charge in [-0.25, -0.2) is 0 Å². The lowest BCUT2D eigenvalue weighted by Gasteiger charge is -2.16. The Morgan fingerprint density at radius 3 is 2.58 bits per heavy atom. The molecule has 0 bridgehead atoms. The second kappa shape index (κ2) is 5.19. The molecule has 0 saturated carbocycles. The van der Waals surface area contributed by atoms with Crippen molar-refractivity contribution in [2.75, 3.05) is 5.32 Å². The first-order chi connectivity index (χ1) is 9.36. The Morgan fingerprint density at radius 2 is 1.84 bits per heavy atom. The summed E-state index contributed by atoms with van der Waals surface area (Å²) in [5.74, 6) is 0.982. The van der Waals surface area contributed by atoms with Crippen LogP contribution in [0.15, 0.2) is 65.3 Å². The quantitative estimate of drug-likeness (QED) is 0.706. The van der Waals surface area contributed by atoms with Gasteiger partial charge in [-0.3, -0.25) is 0 Å². The van der Waals surface area contributed by atoms with Crippen LogP contribution in [0.2, 0.25) is 0 Å². The molecule has 1 atom stereocenters. The molecule has 1 unspecified atom stereocenters. The maximum absolute atomic E-state index is 5.48. The summed E-state index contributed by atoms with van der Waals surface area (Å²) in [6.45, 7) is 2.15. The third-order valence-corrected chi connectivity index (χ3v) is 3.39. The van der Waals surface area contributed by atoms with Crippen molar-refractivity contribution in [3.05, 3.63) is 66.6 Å². The smallest absolute Gasteiger partial charge is 0.125 e. The topological polar surface area (TPSA) is 25.2 Å². The third kappa shape index (κ3) is 2.48. The Labute approximate surface area is 113 Å². The Bertz CT molecular complexity index is 658. The molecule has 0 aliphatic carbocycles. The number of hydrogen-bond donors (Lipinski definition) is 1. The minimum Gasteiger partial charge on any atom is -0.467 e. The van der Waals surface area contributed by atoms with Crippen LogP contribution < -0.4 is 5.32 Å². The maximum atomic E-state index is 5.48. The van der Waals surface area contributed by atoms with Gasteiger partial charge in [-0.1, -0.05) is 37.3 Å². The van der Waals surface area contributed by atoms with Crippen molar-refractivity contribution in [2.24, 2.45) is 0 Å². The zero-order chi connectivity index (χ0) is 13.1. The average Bonchev–Trinajstić information content (AvgIpc) is 2.98. The van der Waals surface area contributed by atoms with Gasteiger partial charge in [0.1, 0.15) is 5.76 Å². The van der Waals surface area contributed by atoms with E-state index in [4.69, 9.17) is 4.42 Å². The largest absolute Gasteiger partial charge is 0.467 e. The first kappa shape index (κ1) is 11.8. The lowest BCUT2D eigenvalue weighted by atomic mass is 10.1. The Kier molecular flexibility index (Phi) is 3.23. The molecule has 2 heteroatoms. The van der Waals surface area contributed by atoms with E-state index in [-0.39, 0.29) is 6.04 Å². The highest BCUT2D eigenvalue weighted by Crippen LogP contribution is 2.25. The van der Waals surface area contributed by atoms with Crippen LogP contribution in [0.3, 0.4) is 0 Å². The van der Waals surface area contributed by atoms with E-state index >= 15 is 0 Å². The molecule has 0 fully saturated rings. The molecule has 0 aliphatic rings. The molecule has 1 heterocycles. The number of hydrogen-bond acceptors (Lipinski definition) is 2. The standard InChI is InChI=1S/C17H17NO/c1-2-16(17-8-5-11-19-17)18-15-10-9-13-6-3-4-7-14(13)12-15/h3-12,16,18H,2H2,1H3. The van der Waals surface area contributed by atoms with Crippen molar-refractivity contribution in [3.8, 4) is 0 Å². The van der Waals surface area contributed by atoms with Crippen LogP contribution in [0.4, 0.5) is 5.69 Å². The zero-order valence-corrected chi connectivity index (χ0v) is 11.0. The summed E-state index contributed by atoms with van der Waals surface area (Å²) < 4.78 is 5.48. The summed E-state index contributed by atoms with van der Waals surface area (Å²) in [5.41, 5.74) is 1.13. The highest BCUT2D eigenvalue weighted by atomic mass is 16.3. The fourth-order valence-electron chi connectivity index (χ4n) is 2.34. The molecule has 2 nitrogen and oxygen atoms in total. The third-order valence-electron chi connectivity index (χ3n) is 3.39. The SMILES string of the molecule is CCC(Nc1ccc2ccccc2c1)c1ccco1. The van der Waals surface area contributed by atoms with Gasteiger partial charge in [-0.2, -0.15) is 0 Å². The van der Waals surface area contributed by atoms with Crippen LogP contribution in [0.25, 0.3) is 10.8 Å². The minimum atomic E-state index is 0.219. The van der Waals surface area contributed by atoms with Gasteiger partial charge >= 0.3 is 0 Å². The Balaban J connectivity index is 1.88. The van der Waals surface area contributed by atoms with Crippen molar-refractivity contribution < 1.29 is 4.42 Å². The summed E-state index contributed by atoms with van der Waals surface area (Å²) in [7, 11) is 0. The molecule has 3 aromatic rings. The number of rotatable bonds is 4. The van der Waals surface area contributed by atoms with Gasteiger partial charge < -0.3 is 9.73 Å². The van der Waals surface area contributed by atoms with E-state index in [9.17, 15) is 0 Å². The summed E-state index contributed by atoms with van der Waals surface area (Å²) in [4.78, 5) is 0. The molecule has 3 rings (SSSR count). The van der Waals surface area contributed by atoms with E-state index in [0.29, 0.717) is 0 Å². The zero-order valence-electron chi connectivity index (χ0n) is 11.0. The van der Waals surface area contributed by atoms with Crippen LogP contribution in [-0.2, 0) is 0 Å². The second-order valence-electron chi connectivity index (χ2n) is 4.68. The van der Waals surface area contributed by atoms with Gasteiger partial charge in [0.25, 0.3) is 0 Å². The highest BCUT2D eigenvalue weighted by molar-refractivity contribution is 5.85. The molecule has 0 aliphatic heterocycles. The first-order valence-electron chi connectivity index (χ1n) is 6.65. The van der Waals surface area contributed by atoms with Gasteiger partial charge in [0.05, 0.1) is 12.3 Å². The first-order valence-corrected chi connectivity index (χ1v) is 6.65. The molecule has 0 radical (unpaired) electrons. The van der Waals surface area contributed by atoms with Crippen molar-refractivity contribution in [3.63, 3.8) is 0 Å². The number of anilines is 1. The molecule has 1 N–H and O–H groups in total. The number of furan rings is 1. The van der Waals surface area contributed by atoms with Crippen molar-refractivity contribution >= 4 is 16.5 Å². The van der Waals surface area contributed by atoms with Crippen LogP contribution in [0.5, 0.6) is 0 Å². The second-order valence-corrected chi connectivity index (χ2v) is 4.68. The number of nitrogens with one attached hydrogen (secondary N) is 1. The molecule has 2 aromatic carbocycles. The summed E-state index contributed by atoms with van der Waals surface area (Å²) in [6.07, 6.45) is 2.71. The Hall–Kier alpha value is -2.22. The summed E-state index contributed by atoms with van der Waals surface area (Å²) in [6, 6.07) is 19.0. The molecule has 0 amide bonds. The predicted octanol–water partition coefficient (Wildman–Crippen LogP) is 5.00. The van der Waals surface area contributed by atoms with E-state index in [1.165, 1.54) is 10.8 Å². The van der Waals surface area contributed by atoms with E-state index in [0.717, 1.165) is 17.9 Å². The van der Waals surface area contributed by atoms with Crippen molar-refractivity contribution in [1.82, 2.24) is 0 Å². The molecule has 19 heavy (non-hydrogen) atoms. The maximum Gasteiger partial charge on any atom is 0.125 e. The van der Waals surface area contributed by atoms with E-state index in [1.54, 1.807) is 6.26 Å². The molecule has 0 spiro atoms. The summed E-state index contributed by atoms with van der Waals surface area (Å²) >= 11 is 0. The lowest BCUT2D eigenvalue weighted by molar-refractivity contribution is 0.474. The van der Waals surface area contributed by atoms with Crippen LogP contribution in [0, 0.1) is 0 Å². The fraction of sp³-hybridized carbons (Fsp3) is 0.176. The minimum absolute atomic E-state index is 0.219. The normalized spacial score (nSPS) is 12.5. The molecular formula is C17H17NO. The van der Waals surface area contributed by atoms with Gasteiger partial charge in [0, 0.05) is 5.69 Å². The number of benzene rings is 2. The summed E-state index contributed by atoms with van der Waals surface area (Å²) in [5, 5.41) is 6.04. The van der Waals surface area contributed by atoms with E-state index in [2.05, 4.69) is 54.7 Å². The Morgan fingerprint density at radius 1 is 1.00 bits per heavy atom. The monoisotopic (exact) mass is 251 g/mol. The van der Waals surface area contributed by atoms with Gasteiger partial charge in [-0.05, 0) is 41.5 Å². The average molecular weight is 251 g/mol. The van der Waals surface area contributed by atoms with Gasteiger partial charge in [0.2, 0.25) is 0 Å². The van der Waals surface area contributed by atoms with E-state index in [1.807, 2.05) is 12.1 Å². The molecule has 0 saturated heterocycles. The van der Waals surface area contributed by atoms with Crippen molar-refractivity contribution in [2.45, 2.75) is 19.4 Å². The van der Waals surface area contributed by atoms with Crippen molar-refractivity contribution in [1.29, 1.82) is 0 Å². The highest BCUT2D eigenvalue weighted by Gasteiger charge is 2.11. The fourth-order valence-corrected chi connectivity index (χ4v) is 2.34. The van der Waals surface area contributed by atoms with Crippen LogP contribution in [-0.4, -0.2) is 0 Å². The molecular weight excluding hydrogens is 234 g/mol. The van der Waals surface area contributed by atoms with Crippen LogP contribution in [0.1, 0.15) is 25.1 Å². The van der Waals surface area contributed by atoms with Gasteiger partial charge in [0.15, 0.2) is 0 Å². The lowest BCUT2D eigenvalue weighted by Crippen LogP contribution is -2.08. The van der Waals surface area contributed by atoms with Gasteiger partial charge in [-0.15, -0.1) is 0 Å². The molecule has 96 valence electrons. The van der Waals surface area contributed by atoms with Crippen LogP contribution >= 0.6 is 0 Å². The van der Waals surface area contributed by atoms with E-state index < -0.39 is 0 Å².